The summed E-state index contributed by atoms with van der Waals surface area (Å²) in [5, 5.41) is 11.9. The lowest BCUT2D eigenvalue weighted by Gasteiger charge is -2.29. The number of amides is 1. The number of carbonyl (C=O) groups is 1. The van der Waals surface area contributed by atoms with Crippen LogP contribution in [0.5, 0.6) is 0 Å². The molecule has 7 nitrogen and oxygen atoms in total. The summed E-state index contributed by atoms with van der Waals surface area (Å²) < 4.78 is -0.0676. The monoisotopic (exact) mass is 329 g/mol. The molecule has 1 aliphatic rings. The first kappa shape index (κ1) is 16.0. The van der Waals surface area contributed by atoms with E-state index in [-0.39, 0.29) is 16.5 Å². The molecule has 1 saturated carbocycles. The van der Waals surface area contributed by atoms with Crippen molar-refractivity contribution in [2.45, 2.75) is 37.6 Å². The van der Waals surface area contributed by atoms with Gasteiger partial charge in [-0.2, -0.15) is 0 Å². The third-order valence-electron chi connectivity index (χ3n) is 4.49. The minimum Gasteiger partial charge on any atom is -0.421 e. The maximum atomic E-state index is 12.2. The lowest BCUT2D eigenvalue weighted by molar-refractivity contribution is 0.0917. The molecule has 0 radical (unpaired) electrons. The number of aromatic amines is 1. The van der Waals surface area contributed by atoms with Crippen molar-refractivity contribution in [2.75, 3.05) is 0 Å². The van der Waals surface area contributed by atoms with Gasteiger partial charge in [-0.25, -0.2) is 4.79 Å². The van der Waals surface area contributed by atoms with Crippen LogP contribution < -0.4 is 16.6 Å². The zero-order chi connectivity index (χ0) is 17.1. The van der Waals surface area contributed by atoms with Crippen LogP contribution in [0.25, 0.3) is 0 Å². The van der Waals surface area contributed by atoms with Gasteiger partial charge >= 0.3 is 5.69 Å². The Morgan fingerprint density at radius 3 is 2.42 bits per heavy atom. The van der Waals surface area contributed by atoms with Crippen LogP contribution in [0.15, 0.2) is 46.0 Å². The number of H-pyrrole nitrogens is 1. The minimum atomic E-state index is -1.03. The van der Waals surface area contributed by atoms with E-state index in [0.717, 1.165) is 31.7 Å². The van der Waals surface area contributed by atoms with Crippen molar-refractivity contribution in [3.63, 3.8) is 0 Å². The molecule has 1 heterocycles. The Hall–Kier alpha value is -2.83. The van der Waals surface area contributed by atoms with Gasteiger partial charge in [-0.05, 0) is 37.2 Å². The molecule has 126 valence electrons. The van der Waals surface area contributed by atoms with Crippen LogP contribution in [-0.4, -0.2) is 26.9 Å². The van der Waals surface area contributed by atoms with E-state index in [1.165, 1.54) is 5.56 Å². The first-order chi connectivity index (χ1) is 11.5. The second-order valence-electron chi connectivity index (χ2n) is 6.07. The van der Waals surface area contributed by atoms with Gasteiger partial charge in [0.25, 0.3) is 11.5 Å². The van der Waals surface area contributed by atoms with Crippen LogP contribution in [0, 0.1) is 0 Å². The average molecular weight is 329 g/mol. The smallest absolute Gasteiger partial charge is 0.362 e. The van der Waals surface area contributed by atoms with Crippen LogP contribution in [-0.2, 0) is 0 Å². The fourth-order valence-electron chi connectivity index (χ4n) is 3.17. The number of aromatic nitrogens is 2. The molecule has 0 saturated heterocycles. The van der Waals surface area contributed by atoms with Crippen molar-refractivity contribution in [3.8, 4) is 0 Å². The molecule has 3 rings (SSSR count). The summed E-state index contributed by atoms with van der Waals surface area (Å²) in [5.41, 5.74) is -0.782. The molecule has 7 heteroatoms. The highest BCUT2D eigenvalue weighted by atomic mass is 16.5. The van der Waals surface area contributed by atoms with E-state index in [4.69, 9.17) is 5.21 Å². The van der Waals surface area contributed by atoms with Gasteiger partial charge in [-0.1, -0.05) is 35.1 Å². The Kier molecular flexibility index (Phi) is 4.50. The Bertz CT molecular complexity index is 802. The Labute approximate surface area is 137 Å². The average Bonchev–Trinajstić information content (AvgIpc) is 2.60. The van der Waals surface area contributed by atoms with Crippen LogP contribution >= 0.6 is 0 Å². The number of rotatable bonds is 3. The van der Waals surface area contributed by atoms with Gasteiger partial charge in [-0.15, -0.1) is 0 Å². The molecule has 1 amide bonds. The molecular formula is C17H19N3O4. The minimum absolute atomic E-state index is 0.0116. The molecular weight excluding hydrogens is 310 g/mol. The zero-order valence-electron chi connectivity index (χ0n) is 13.1. The molecule has 0 aliphatic heterocycles. The predicted molar refractivity (Wildman–Crippen MR) is 87.4 cm³/mol. The van der Waals surface area contributed by atoms with Crippen LogP contribution in [0.1, 0.15) is 47.7 Å². The Balaban J connectivity index is 1.61. The predicted octanol–water partition coefficient (Wildman–Crippen LogP) is 1.23. The number of nitrogens with one attached hydrogen (secondary N) is 2. The van der Waals surface area contributed by atoms with Crippen molar-refractivity contribution in [1.82, 2.24) is 15.0 Å². The third kappa shape index (κ3) is 3.40. The van der Waals surface area contributed by atoms with Crippen LogP contribution in [0.3, 0.4) is 0 Å². The maximum absolute atomic E-state index is 12.2. The van der Waals surface area contributed by atoms with Gasteiger partial charge in [0.05, 0.1) is 0 Å². The molecule has 24 heavy (non-hydrogen) atoms. The highest BCUT2D eigenvalue weighted by Crippen LogP contribution is 2.32. The third-order valence-corrected chi connectivity index (χ3v) is 4.49. The normalized spacial score (nSPS) is 20.5. The number of benzene rings is 1. The van der Waals surface area contributed by atoms with Crippen molar-refractivity contribution in [1.29, 1.82) is 0 Å². The van der Waals surface area contributed by atoms with E-state index in [1.54, 1.807) is 0 Å². The van der Waals surface area contributed by atoms with E-state index in [9.17, 15) is 14.4 Å². The standard InChI is InChI=1S/C17H19N3O4/c21-15-10-14(19-17(23)20(15)24)16(22)18-13-8-6-12(7-9-13)11-4-2-1-3-5-11/h1-5,10,12-13,24H,6-9H2,(H,18,22)(H,19,23)/t12-,13+. The molecule has 1 fully saturated rings. The van der Waals surface area contributed by atoms with Gasteiger partial charge < -0.3 is 10.5 Å². The first-order valence-electron chi connectivity index (χ1n) is 7.96. The molecule has 1 aliphatic carbocycles. The summed E-state index contributed by atoms with van der Waals surface area (Å²) >= 11 is 0. The highest BCUT2D eigenvalue weighted by molar-refractivity contribution is 5.92. The van der Waals surface area contributed by atoms with Crippen molar-refractivity contribution >= 4 is 5.91 Å². The van der Waals surface area contributed by atoms with Gasteiger partial charge in [0.1, 0.15) is 5.69 Å². The number of carbonyl (C=O) groups excluding carboxylic acids is 1. The fraction of sp³-hybridized carbons (Fsp3) is 0.353. The fourth-order valence-corrected chi connectivity index (χ4v) is 3.17. The van der Waals surface area contributed by atoms with E-state index >= 15 is 0 Å². The molecule has 0 atom stereocenters. The largest absolute Gasteiger partial charge is 0.421 e. The first-order valence-corrected chi connectivity index (χ1v) is 7.96. The van der Waals surface area contributed by atoms with Gasteiger partial charge in [-0.3, -0.25) is 14.6 Å². The molecule has 2 aromatic rings. The number of nitrogens with zero attached hydrogens (tertiary/aromatic N) is 1. The van der Waals surface area contributed by atoms with E-state index in [2.05, 4.69) is 22.4 Å². The molecule has 0 bridgehead atoms. The summed E-state index contributed by atoms with van der Waals surface area (Å²) in [6, 6.07) is 11.2. The summed E-state index contributed by atoms with van der Waals surface area (Å²) in [6.45, 7) is 0. The van der Waals surface area contributed by atoms with Crippen molar-refractivity contribution in [3.05, 3.63) is 68.5 Å². The lowest BCUT2D eigenvalue weighted by atomic mass is 9.82. The van der Waals surface area contributed by atoms with Gasteiger partial charge in [0, 0.05) is 12.1 Å². The Morgan fingerprint density at radius 2 is 1.79 bits per heavy atom. The van der Waals surface area contributed by atoms with Gasteiger partial charge in [0.15, 0.2) is 0 Å². The quantitative estimate of drug-likeness (QED) is 0.737. The summed E-state index contributed by atoms with van der Waals surface area (Å²) in [6.07, 6.45) is 3.63. The molecule has 3 N–H and O–H groups in total. The SMILES string of the molecule is O=C(N[C@H]1CC[C@@H](c2ccccc2)CC1)c1cc(=O)n(O)c(=O)[nH]1. The molecule has 0 unspecified atom stereocenters. The van der Waals surface area contributed by atoms with Crippen LogP contribution in [0.2, 0.25) is 0 Å². The molecule has 1 aromatic heterocycles. The van der Waals surface area contributed by atoms with Gasteiger partial charge in [0.2, 0.25) is 0 Å². The van der Waals surface area contributed by atoms with Crippen molar-refractivity contribution in [2.24, 2.45) is 0 Å². The second-order valence-corrected chi connectivity index (χ2v) is 6.07. The summed E-state index contributed by atoms with van der Waals surface area (Å²) in [5.74, 6) is -0.00885. The summed E-state index contributed by atoms with van der Waals surface area (Å²) in [7, 11) is 0. The maximum Gasteiger partial charge on any atom is 0.362 e. The topological polar surface area (TPSA) is 104 Å². The van der Waals surface area contributed by atoms with E-state index in [1.807, 2.05) is 18.2 Å². The number of hydrogen-bond donors (Lipinski definition) is 3. The number of hydrogen-bond acceptors (Lipinski definition) is 4. The van der Waals surface area contributed by atoms with E-state index < -0.39 is 17.2 Å². The second kappa shape index (κ2) is 6.74. The zero-order valence-corrected chi connectivity index (χ0v) is 13.1. The lowest BCUT2D eigenvalue weighted by Crippen LogP contribution is -2.41. The van der Waals surface area contributed by atoms with Crippen LogP contribution in [0.4, 0.5) is 0 Å². The summed E-state index contributed by atoms with van der Waals surface area (Å²) in [4.78, 5) is 37.1. The highest BCUT2D eigenvalue weighted by Gasteiger charge is 2.24. The molecule has 0 spiro atoms. The van der Waals surface area contributed by atoms with Crippen molar-refractivity contribution < 1.29 is 10.0 Å². The Morgan fingerprint density at radius 1 is 1.12 bits per heavy atom. The molecule has 1 aromatic carbocycles. The van der Waals surface area contributed by atoms with E-state index in [0.29, 0.717) is 5.92 Å².